The van der Waals surface area contributed by atoms with E-state index < -0.39 is 0 Å². The van der Waals surface area contributed by atoms with E-state index in [0.717, 1.165) is 35.0 Å². The molecule has 1 atom stereocenters. The number of thioether (sulfide) groups is 1. The van der Waals surface area contributed by atoms with Crippen molar-refractivity contribution < 1.29 is 0 Å². The Labute approximate surface area is 107 Å². The van der Waals surface area contributed by atoms with Crippen LogP contribution in [0.1, 0.15) is 32.3 Å². The van der Waals surface area contributed by atoms with Crippen LogP contribution in [0.25, 0.3) is 0 Å². The number of pyridine rings is 1. The molecule has 0 saturated heterocycles. The Morgan fingerprint density at radius 2 is 2.29 bits per heavy atom. The molecule has 2 rings (SSSR count). The molecule has 4 heteroatoms. The van der Waals surface area contributed by atoms with Gasteiger partial charge in [0, 0.05) is 11.9 Å². The molecule has 0 fully saturated rings. The fraction of sp³-hybridized carbons (Fsp3) is 0.538. The van der Waals surface area contributed by atoms with Crippen molar-refractivity contribution in [2.75, 3.05) is 11.1 Å². The maximum absolute atomic E-state index is 4.80. The van der Waals surface area contributed by atoms with Crippen LogP contribution >= 0.6 is 11.8 Å². The first-order valence-electron chi connectivity index (χ1n) is 6.03. The highest BCUT2D eigenvalue weighted by molar-refractivity contribution is 8.14. The van der Waals surface area contributed by atoms with Crippen LogP contribution in [0.5, 0.6) is 0 Å². The summed E-state index contributed by atoms with van der Waals surface area (Å²) >= 11 is 1.79. The number of rotatable bonds is 2. The third kappa shape index (κ3) is 3.22. The Bertz CT molecular complexity index is 430. The third-order valence-electron chi connectivity index (χ3n) is 3.14. The van der Waals surface area contributed by atoms with Crippen LogP contribution in [0.15, 0.2) is 23.5 Å². The van der Waals surface area contributed by atoms with Crippen molar-refractivity contribution in [1.29, 1.82) is 0 Å². The van der Waals surface area contributed by atoms with E-state index in [1.807, 2.05) is 19.3 Å². The molecule has 1 unspecified atom stereocenters. The van der Waals surface area contributed by atoms with Gasteiger partial charge in [-0.3, -0.25) is 9.98 Å². The number of amidine groups is 1. The van der Waals surface area contributed by atoms with E-state index in [4.69, 9.17) is 4.99 Å². The molecule has 1 N–H and O–H groups in total. The molecule has 0 bridgehead atoms. The summed E-state index contributed by atoms with van der Waals surface area (Å²) < 4.78 is 0. The fourth-order valence-electron chi connectivity index (χ4n) is 1.77. The van der Waals surface area contributed by atoms with Gasteiger partial charge in [0.25, 0.3) is 0 Å². The summed E-state index contributed by atoms with van der Waals surface area (Å²) in [6, 6.07) is 2.09. The Hall–Kier alpha value is -1.03. The smallest absolute Gasteiger partial charge is 0.161 e. The first kappa shape index (κ1) is 12.4. The van der Waals surface area contributed by atoms with Gasteiger partial charge in [0.1, 0.15) is 0 Å². The molecule has 1 aromatic heterocycles. The lowest BCUT2D eigenvalue weighted by molar-refractivity contribution is 0.443. The average molecular weight is 249 g/mol. The molecule has 0 aliphatic carbocycles. The van der Waals surface area contributed by atoms with Crippen molar-refractivity contribution in [3.05, 3.63) is 24.0 Å². The maximum atomic E-state index is 4.80. The highest BCUT2D eigenvalue weighted by Gasteiger charge is 2.25. The number of aliphatic imine (C=N–C) groups is 1. The number of hydrogen-bond donors (Lipinski definition) is 1. The first-order valence-corrected chi connectivity index (χ1v) is 7.01. The predicted octanol–water partition coefficient (Wildman–Crippen LogP) is 3.46. The summed E-state index contributed by atoms with van der Waals surface area (Å²) in [5.74, 6) is 1.13. The lowest BCUT2D eigenvalue weighted by Gasteiger charge is -2.29. The SMILES string of the molecule is CCC1(C)CCSC(Nc2cncc(C)c2)=N1. The second kappa shape index (κ2) is 5.08. The summed E-state index contributed by atoms with van der Waals surface area (Å²) in [5, 5.41) is 4.38. The number of aromatic nitrogens is 1. The molecule has 0 saturated carbocycles. The first-order chi connectivity index (χ1) is 8.11. The summed E-state index contributed by atoms with van der Waals surface area (Å²) in [5.41, 5.74) is 2.29. The van der Waals surface area contributed by atoms with Gasteiger partial charge in [-0.15, -0.1) is 0 Å². The van der Waals surface area contributed by atoms with Crippen LogP contribution in [0.3, 0.4) is 0 Å². The molecular formula is C13H19N3S. The van der Waals surface area contributed by atoms with E-state index in [9.17, 15) is 0 Å². The minimum absolute atomic E-state index is 0.102. The molecular weight excluding hydrogens is 230 g/mol. The highest BCUT2D eigenvalue weighted by Crippen LogP contribution is 2.29. The standard InChI is InChI=1S/C13H19N3S/c1-4-13(3)5-6-17-12(16-13)15-11-7-10(2)8-14-9-11/h7-9H,4-6H2,1-3H3,(H,15,16). The predicted molar refractivity (Wildman–Crippen MR) is 75.8 cm³/mol. The lowest BCUT2D eigenvalue weighted by atomic mass is 9.97. The summed E-state index contributed by atoms with van der Waals surface area (Å²) in [7, 11) is 0. The Kier molecular flexibility index (Phi) is 3.72. The van der Waals surface area contributed by atoms with Gasteiger partial charge in [-0.25, -0.2) is 0 Å². The normalized spacial score (nSPS) is 24.3. The van der Waals surface area contributed by atoms with E-state index in [0.29, 0.717) is 0 Å². The molecule has 17 heavy (non-hydrogen) atoms. The van der Waals surface area contributed by atoms with Crippen molar-refractivity contribution in [3.8, 4) is 0 Å². The van der Waals surface area contributed by atoms with Gasteiger partial charge in [0.15, 0.2) is 5.17 Å². The van der Waals surface area contributed by atoms with Crippen molar-refractivity contribution >= 4 is 22.6 Å². The van der Waals surface area contributed by atoms with Gasteiger partial charge < -0.3 is 5.32 Å². The minimum Gasteiger partial charge on any atom is -0.334 e. The second-order valence-electron chi connectivity index (χ2n) is 4.74. The topological polar surface area (TPSA) is 37.3 Å². The average Bonchev–Trinajstić information content (AvgIpc) is 2.29. The molecule has 1 aliphatic rings. The lowest BCUT2D eigenvalue weighted by Crippen LogP contribution is -2.29. The Morgan fingerprint density at radius 3 is 3.00 bits per heavy atom. The minimum atomic E-state index is 0.102. The largest absolute Gasteiger partial charge is 0.334 e. The van der Waals surface area contributed by atoms with Crippen molar-refractivity contribution in [2.45, 2.75) is 39.2 Å². The van der Waals surface area contributed by atoms with Gasteiger partial charge in [0.2, 0.25) is 0 Å². The molecule has 3 nitrogen and oxygen atoms in total. The maximum Gasteiger partial charge on any atom is 0.161 e. The van der Waals surface area contributed by atoms with Crippen molar-refractivity contribution in [2.24, 2.45) is 4.99 Å². The second-order valence-corrected chi connectivity index (χ2v) is 5.83. The van der Waals surface area contributed by atoms with Gasteiger partial charge >= 0.3 is 0 Å². The monoisotopic (exact) mass is 249 g/mol. The molecule has 2 heterocycles. The number of anilines is 1. The van der Waals surface area contributed by atoms with Gasteiger partial charge in [-0.1, -0.05) is 18.7 Å². The van der Waals surface area contributed by atoms with Crippen LogP contribution in [0.2, 0.25) is 0 Å². The van der Waals surface area contributed by atoms with Gasteiger partial charge in [0.05, 0.1) is 17.4 Å². The van der Waals surface area contributed by atoms with E-state index in [2.05, 4.69) is 30.2 Å². The number of aryl methyl sites for hydroxylation is 1. The number of nitrogens with zero attached hydrogens (tertiary/aromatic N) is 2. The van der Waals surface area contributed by atoms with Gasteiger partial charge in [-0.2, -0.15) is 0 Å². The zero-order valence-corrected chi connectivity index (χ0v) is 11.5. The van der Waals surface area contributed by atoms with E-state index in [1.165, 1.54) is 0 Å². The summed E-state index contributed by atoms with van der Waals surface area (Å²) in [4.78, 5) is 8.98. The molecule has 92 valence electrons. The van der Waals surface area contributed by atoms with Crippen LogP contribution in [0, 0.1) is 6.92 Å². The molecule has 0 aromatic carbocycles. The fourth-order valence-corrected chi connectivity index (χ4v) is 2.98. The van der Waals surface area contributed by atoms with E-state index in [-0.39, 0.29) is 5.54 Å². The zero-order chi connectivity index (χ0) is 12.3. The van der Waals surface area contributed by atoms with Crippen LogP contribution < -0.4 is 5.32 Å². The molecule has 0 spiro atoms. The Balaban J connectivity index is 2.13. The van der Waals surface area contributed by atoms with Crippen molar-refractivity contribution in [3.63, 3.8) is 0 Å². The molecule has 0 amide bonds. The van der Waals surface area contributed by atoms with E-state index >= 15 is 0 Å². The van der Waals surface area contributed by atoms with Crippen LogP contribution in [0.4, 0.5) is 5.69 Å². The highest BCUT2D eigenvalue weighted by atomic mass is 32.2. The zero-order valence-electron chi connectivity index (χ0n) is 10.7. The quantitative estimate of drug-likeness (QED) is 0.872. The van der Waals surface area contributed by atoms with E-state index in [1.54, 1.807) is 11.8 Å². The summed E-state index contributed by atoms with van der Waals surface area (Å²) in [6.45, 7) is 6.47. The summed E-state index contributed by atoms with van der Waals surface area (Å²) in [6.07, 6.45) is 5.95. The number of nitrogens with one attached hydrogen (secondary N) is 1. The van der Waals surface area contributed by atoms with Gasteiger partial charge in [-0.05, 0) is 38.3 Å². The van der Waals surface area contributed by atoms with Crippen LogP contribution in [-0.2, 0) is 0 Å². The molecule has 0 radical (unpaired) electrons. The van der Waals surface area contributed by atoms with Crippen LogP contribution in [-0.4, -0.2) is 21.4 Å². The molecule has 1 aliphatic heterocycles. The Morgan fingerprint density at radius 1 is 1.47 bits per heavy atom. The third-order valence-corrected chi connectivity index (χ3v) is 4.01. The number of hydrogen-bond acceptors (Lipinski definition) is 4. The molecule has 1 aromatic rings. The van der Waals surface area contributed by atoms with Crippen molar-refractivity contribution in [1.82, 2.24) is 4.98 Å².